The molecule has 10 heteroatoms. The van der Waals surface area contributed by atoms with E-state index in [-0.39, 0.29) is 6.79 Å². The van der Waals surface area contributed by atoms with Gasteiger partial charge in [0.1, 0.15) is 24.4 Å². The summed E-state index contributed by atoms with van der Waals surface area (Å²) >= 11 is 12.4. The van der Waals surface area contributed by atoms with E-state index >= 15 is 0 Å². The fourth-order valence-electron chi connectivity index (χ4n) is 3.42. The molecule has 0 saturated carbocycles. The molecule has 2 heterocycles. The molecule has 1 aliphatic heterocycles. The van der Waals surface area contributed by atoms with Gasteiger partial charge in [-0.2, -0.15) is 0 Å². The van der Waals surface area contributed by atoms with Crippen molar-refractivity contribution >= 4 is 45.6 Å². The van der Waals surface area contributed by atoms with Gasteiger partial charge in [0.25, 0.3) is 0 Å². The van der Waals surface area contributed by atoms with Gasteiger partial charge >= 0.3 is 0 Å². The van der Waals surface area contributed by atoms with Gasteiger partial charge in [-0.3, -0.25) is 0 Å². The third-order valence-electron chi connectivity index (χ3n) is 4.99. The number of benzene rings is 2. The third kappa shape index (κ3) is 5.17. The lowest BCUT2D eigenvalue weighted by Gasteiger charge is -2.15. The normalized spacial score (nSPS) is 11.8. The van der Waals surface area contributed by atoms with Crippen molar-refractivity contribution in [1.29, 1.82) is 0 Å². The summed E-state index contributed by atoms with van der Waals surface area (Å²) in [5, 5.41) is 4.46. The number of anilines is 2. The molecular weight excluding hydrogens is 481 g/mol. The summed E-state index contributed by atoms with van der Waals surface area (Å²) in [5.74, 6) is 9.27. The zero-order valence-corrected chi connectivity index (χ0v) is 20.3. The number of ether oxygens (including phenoxy) is 5. The van der Waals surface area contributed by atoms with Crippen LogP contribution in [0.25, 0.3) is 10.9 Å². The molecule has 34 heavy (non-hydrogen) atoms. The molecule has 0 saturated heterocycles. The first-order valence-electron chi connectivity index (χ1n) is 10.5. The summed E-state index contributed by atoms with van der Waals surface area (Å²) in [4.78, 5) is 8.79. The van der Waals surface area contributed by atoms with Crippen LogP contribution in [-0.4, -0.2) is 50.1 Å². The second kappa shape index (κ2) is 11.3. The first-order chi connectivity index (χ1) is 16.7. The van der Waals surface area contributed by atoms with Crippen molar-refractivity contribution in [2.75, 3.05) is 45.4 Å². The van der Waals surface area contributed by atoms with E-state index in [0.29, 0.717) is 70.6 Å². The van der Waals surface area contributed by atoms with Gasteiger partial charge in [0.15, 0.2) is 23.0 Å². The van der Waals surface area contributed by atoms with E-state index in [2.05, 4.69) is 27.1 Å². The maximum atomic E-state index is 6.64. The van der Waals surface area contributed by atoms with Crippen molar-refractivity contribution in [3.63, 3.8) is 0 Å². The molecule has 1 N–H and O–H groups in total. The summed E-state index contributed by atoms with van der Waals surface area (Å²) in [5.41, 5.74) is 2.05. The number of aromatic nitrogens is 2. The van der Waals surface area contributed by atoms with Crippen LogP contribution in [0.5, 0.6) is 23.0 Å². The largest absolute Gasteiger partial charge is 0.493 e. The molecule has 8 nitrogen and oxygen atoms in total. The zero-order chi connectivity index (χ0) is 23.9. The zero-order valence-electron chi connectivity index (χ0n) is 18.7. The Hall–Kier alpha value is -3.12. The number of halogens is 2. The van der Waals surface area contributed by atoms with Crippen molar-refractivity contribution in [3.05, 3.63) is 35.1 Å². The average molecular weight is 504 g/mol. The lowest BCUT2D eigenvalue weighted by Crippen LogP contribution is -2.02. The van der Waals surface area contributed by atoms with Gasteiger partial charge in [0.2, 0.25) is 6.79 Å². The van der Waals surface area contributed by atoms with Gasteiger partial charge < -0.3 is 29.0 Å². The first-order valence-corrected chi connectivity index (χ1v) is 11.4. The van der Waals surface area contributed by atoms with Crippen molar-refractivity contribution in [3.8, 4) is 34.8 Å². The smallest absolute Gasteiger partial charge is 0.231 e. The lowest BCUT2D eigenvalue weighted by atomic mass is 10.1. The predicted octanol–water partition coefficient (Wildman–Crippen LogP) is 4.96. The number of rotatable bonds is 9. The monoisotopic (exact) mass is 503 g/mol. The van der Waals surface area contributed by atoms with Gasteiger partial charge in [0.05, 0.1) is 24.3 Å². The number of nitrogens with one attached hydrogen (secondary N) is 1. The van der Waals surface area contributed by atoms with Crippen LogP contribution in [0.3, 0.4) is 0 Å². The van der Waals surface area contributed by atoms with Gasteiger partial charge in [-0.15, -0.1) is 11.6 Å². The minimum absolute atomic E-state index is 0.0875. The summed E-state index contributed by atoms with van der Waals surface area (Å²) in [6.45, 7) is 0.920. The molecule has 0 radical (unpaired) electrons. The van der Waals surface area contributed by atoms with Crippen LogP contribution in [0.2, 0.25) is 5.02 Å². The second-order valence-corrected chi connectivity index (χ2v) is 7.96. The van der Waals surface area contributed by atoms with Crippen LogP contribution in [-0.2, 0) is 11.2 Å². The molecule has 3 aromatic rings. The van der Waals surface area contributed by atoms with E-state index in [1.54, 1.807) is 14.2 Å². The number of nitrogens with zero attached hydrogens (tertiary/aromatic N) is 2. The van der Waals surface area contributed by atoms with E-state index in [1.165, 1.54) is 6.33 Å². The Morgan fingerprint density at radius 3 is 2.74 bits per heavy atom. The highest BCUT2D eigenvalue weighted by molar-refractivity contribution is 6.34. The highest BCUT2D eigenvalue weighted by atomic mass is 35.5. The SMILES string of the molecule is COCC#CCc1cc(Cl)c(Nc2ncnc3cc(OCCCCl)c(OC)cc23)c2c1OCO2. The molecule has 1 aromatic heterocycles. The Morgan fingerprint density at radius 2 is 1.94 bits per heavy atom. The Bertz CT molecular complexity index is 1240. The average Bonchev–Trinajstić information content (AvgIpc) is 3.34. The Labute approximate surface area is 207 Å². The Balaban J connectivity index is 1.69. The topological polar surface area (TPSA) is 84.0 Å². The molecule has 0 bridgehead atoms. The van der Waals surface area contributed by atoms with Crippen LogP contribution in [0.4, 0.5) is 11.5 Å². The Kier molecular flexibility index (Phi) is 8.01. The molecule has 1 aliphatic rings. The molecular formula is C24H23Cl2N3O5. The number of alkyl halides is 1. The van der Waals surface area contributed by atoms with Crippen LogP contribution in [0.15, 0.2) is 24.5 Å². The van der Waals surface area contributed by atoms with Crippen LogP contribution in [0.1, 0.15) is 12.0 Å². The van der Waals surface area contributed by atoms with Gasteiger partial charge in [-0.05, 0) is 18.6 Å². The molecule has 0 amide bonds. The molecule has 0 atom stereocenters. The minimum Gasteiger partial charge on any atom is -0.493 e. The fraction of sp³-hybridized carbons (Fsp3) is 0.333. The number of hydrogen-bond acceptors (Lipinski definition) is 8. The first kappa shape index (κ1) is 24.0. The van der Waals surface area contributed by atoms with Crippen LogP contribution < -0.4 is 24.3 Å². The fourth-order valence-corrected chi connectivity index (χ4v) is 3.80. The van der Waals surface area contributed by atoms with Crippen molar-refractivity contribution in [1.82, 2.24) is 9.97 Å². The highest BCUT2D eigenvalue weighted by Crippen LogP contribution is 2.48. The maximum Gasteiger partial charge on any atom is 0.231 e. The van der Waals surface area contributed by atoms with Gasteiger partial charge in [0, 0.05) is 36.4 Å². The van der Waals surface area contributed by atoms with E-state index in [4.69, 9.17) is 46.9 Å². The number of methoxy groups -OCH3 is 2. The quantitative estimate of drug-likeness (QED) is 0.249. The third-order valence-corrected chi connectivity index (χ3v) is 5.56. The summed E-state index contributed by atoms with van der Waals surface area (Å²) in [7, 11) is 3.18. The molecule has 0 aliphatic carbocycles. The highest BCUT2D eigenvalue weighted by Gasteiger charge is 2.25. The molecule has 0 unspecified atom stereocenters. The van der Waals surface area contributed by atoms with Crippen LogP contribution in [0, 0.1) is 11.8 Å². The van der Waals surface area contributed by atoms with E-state index in [1.807, 2.05) is 18.2 Å². The van der Waals surface area contributed by atoms with Crippen molar-refractivity contribution in [2.45, 2.75) is 12.8 Å². The Morgan fingerprint density at radius 1 is 1.09 bits per heavy atom. The number of fused-ring (bicyclic) bond motifs is 2. The van der Waals surface area contributed by atoms with E-state index < -0.39 is 0 Å². The lowest BCUT2D eigenvalue weighted by molar-refractivity contribution is 0.173. The summed E-state index contributed by atoms with van der Waals surface area (Å²) < 4.78 is 27.7. The molecule has 0 spiro atoms. The van der Waals surface area contributed by atoms with Crippen molar-refractivity contribution in [2.24, 2.45) is 0 Å². The van der Waals surface area contributed by atoms with E-state index in [0.717, 1.165) is 17.4 Å². The van der Waals surface area contributed by atoms with Gasteiger partial charge in [-0.1, -0.05) is 23.4 Å². The number of hydrogen-bond donors (Lipinski definition) is 1. The summed E-state index contributed by atoms with van der Waals surface area (Å²) in [6, 6.07) is 5.44. The van der Waals surface area contributed by atoms with Gasteiger partial charge in [-0.25, -0.2) is 9.97 Å². The maximum absolute atomic E-state index is 6.64. The standard InChI is InChI=1S/C24H23Cl2N3O5/c1-30-8-4-3-6-15-10-17(26)21(23-22(15)33-14-34-23)29-24-16-11-19(31-2)20(32-9-5-7-25)12-18(16)27-13-28-24/h10-13H,5-9,14H2,1-2H3,(H,27,28,29). The second-order valence-electron chi connectivity index (χ2n) is 7.18. The molecule has 2 aromatic carbocycles. The van der Waals surface area contributed by atoms with Crippen LogP contribution >= 0.6 is 23.2 Å². The molecule has 0 fully saturated rings. The van der Waals surface area contributed by atoms with E-state index in [9.17, 15) is 0 Å². The minimum atomic E-state index is 0.0875. The predicted molar refractivity (Wildman–Crippen MR) is 131 cm³/mol. The molecule has 178 valence electrons. The summed E-state index contributed by atoms with van der Waals surface area (Å²) in [6.07, 6.45) is 2.64. The van der Waals surface area contributed by atoms with Crippen molar-refractivity contribution < 1.29 is 23.7 Å². The molecule has 4 rings (SSSR count).